The second-order valence-corrected chi connectivity index (χ2v) is 10.2. The highest BCUT2D eigenvalue weighted by molar-refractivity contribution is 14.1. The van der Waals surface area contributed by atoms with Crippen LogP contribution in [0.25, 0.3) is 0 Å². The molecule has 2 unspecified atom stereocenters. The first-order valence-corrected chi connectivity index (χ1v) is 10.7. The van der Waals surface area contributed by atoms with Crippen molar-refractivity contribution in [2.24, 2.45) is 0 Å². The van der Waals surface area contributed by atoms with E-state index in [1.54, 1.807) is 22.6 Å². The van der Waals surface area contributed by atoms with Gasteiger partial charge < -0.3 is 29.5 Å². The predicted octanol–water partition coefficient (Wildman–Crippen LogP) is -0.531. The van der Waals surface area contributed by atoms with E-state index in [2.05, 4.69) is 4.98 Å². The van der Waals surface area contributed by atoms with Crippen molar-refractivity contribution >= 4 is 30.2 Å². The smallest absolute Gasteiger partial charge is 0.356 e. The molecule has 0 radical (unpaired) electrons. The van der Waals surface area contributed by atoms with Crippen molar-refractivity contribution in [2.75, 3.05) is 0 Å². The van der Waals surface area contributed by atoms with Crippen LogP contribution >= 0.6 is 30.2 Å². The first kappa shape index (κ1) is 22.7. The molecule has 1 saturated heterocycles. The monoisotopic (exact) mass is 520 g/mol. The minimum atomic E-state index is -4.31. The SMILES string of the molecule is CC(O)P(=O)(O)OC(C)(C)C[C@H]1O[C@@H](n2cc(I)c(=O)[nH]c2=O)[C@H](O)[C@@H]1O. The molecule has 0 bridgehead atoms. The summed E-state index contributed by atoms with van der Waals surface area (Å²) in [6, 6.07) is 0. The zero-order valence-corrected chi connectivity index (χ0v) is 17.8. The summed E-state index contributed by atoms with van der Waals surface area (Å²) in [6.45, 7) is 4.04. The van der Waals surface area contributed by atoms with Crippen molar-refractivity contribution in [3.05, 3.63) is 30.6 Å². The number of halogens is 1. The lowest BCUT2D eigenvalue weighted by Gasteiger charge is -2.31. The molecule has 1 aromatic rings. The van der Waals surface area contributed by atoms with Crippen LogP contribution in [-0.2, 0) is 13.8 Å². The van der Waals surface area contributed by atoms with Gasteiger partial charge in [0.2, 0.25) is 0 Å². The number of hydrogen-bond acceptors (Lipinski definition) is 8. The minimum absolute atomic E-state index is 0.117. The van der Waals surface area contributed by atoms with Crippen LogP contribution in [0.15, 0.2) is 15.8 Å². The van der Waals surface area contributed by atoms with Gasteiger partial charge >= 0.3 is 13.3 Å². The van der Waals surface area contributed by atoms with Crippen molar-refractivity contribution < 1.29 is 34.0 Å². The Balaban J connectivity index is 2.22. The summed E-state index contributed by atoms with van der Waals surface area (Å²) in [6.07, 6.45) is -4.13. The predicted molar refractivity (Wildman–Crippen MR) is 101 cm³/mol. The molecule has 0 aromatic carbocycles. The van der Waals surface area contributed by atoms with E-state index in [1.165, 1.54) is 20.0 Å². The van der Waals surface area contributed by atoms with Crippen LogP contribution in [0.1, 0.15) is 33.4 Å². The maximum Gasteiger partial charge on any atom is 0.356 e. The van der Waals surface area contributed by atoms with Gasteiger partial charge in [0.05, 0.1) is 15.3 Å². The summed E-state index contributed by atoms with van der Waals surface area (Å²) >= 11 is 1.71. The fourth-order valence-corrected chi connectivity index (χ4v) is 4.10. The lowest BCUT2D eigenvalue weighted by molar-refractivity contribution is -0.0646. The van der Waals surface area contributed by atoms with Crippen LogP contribution in [0.5, 0.6) is 0 Å². The van der Waals surface area contributed by atoms with E-state index in [9.17, 15) is 34.4 Å². The average Bonchev–Trinajstić information content (AvgIpc) is 2.77. The Hall–Kier alpha value is -0.600. The summed E-state index contributed by atoms with van der Waals surface area (Å²) in [5, 5.41) is 29.9. The molecule has 5 N–H and O–H groups in total. The molecule has 0 aliphatic carbocycles. The highest BCUT2D eigenvalue weighted by Gasteiger charge is 2.47. The van der Waals surface area contributed by atoms with Gasteiger partial charge in [0, 0.05) is 12.6 Å². The van der Waals surface area contributed by atoms with E-state index >= 15 is 0 Å². The highest BCUT2D eigenvalue weighted by Crippen LogP contribution is 2.51. The molecule has 6 atom stereocenters. The van der Waals surface area contributed by atoms with Crippen molar-refractivity contribution in [1.29, 1.82) is 0 Å². The van der Waals surface area contributed by atoms with Gasteiger partial charge in [0.25, 0.3) is 5.56 Å². The van der Waals surface area contributed by atoms with Crippen molar-refractivity contribution in [2.45, 2.75) is 63.2 Å². The number of hydrogen-bond donors (Lipinski definition) is 5. The minimum Gasteiger partial charge on any atom is -0.388 e. The summed E-state index contributed by atoms with van der Waals surface area (Å²) in [7, 11) is -4.31. The molecule has 1 aliphatic rings. The molecular weight excluding hydrogens is 498 g/mol. The molecule has 0 amide bonds. The summed E-state index contributed by atoms with van der Waals surface area (Å²) in [4.78, 5) is 35.2. The number of aromatic amines is 1. The molecule has 0 saturated carbocycles. The molecule has 154 valence electrons. The summed E-state index contributed by atoms with van der Waals surface area (Å²) in [5.41, 5.74) is -2.71. The second-order valence-electron chi connectivity index (χ2n) is 6.94. The number of nitrogens with one attached hydrogen (secondary N) is 1. The zero-order valence-electron chi connectivity index (χ0n) is 14.8. The normalized spacial score (nSPS) is 29.5. The van der Waals surface area contributed by atoms with Gasteiger partial charge in [-0.15, -0.1) is 0 Å². The Bertz CT molecular complexity index is 852. The van der Waals surface area contributed by atoms with E-state index in [0.29, 0.717) is 0 Å². The molecular formula is C14H22IN2O9P. The third-order valence-corrected chi connectivity index (χ3v) is 6.55. The summed E-state index contributed by atoms with van der Waals surface area (Å²) < 4.78 is 23.7. The quantitative estimate of drug-likeness (QED) is 0.244. The van der Waals surface area contributed by atoms with E-state index < -0.39 is 54.8 Å². The molecule has 1 aliphatic heterocycles. The first-order valence-electron chi connectivity index (χ1n) is 7.99. The van der Waals surface area contributed by atoms with Crippen LogP contribution in [0, 0.1) is 3.57 Å². The Labute approximate surface area is 167 Å². The third-order valence-electron chi connectivity index (χ3n) is 4.08. The van der Waals surface area contributed by atoms with Crippen LogP contribution in [0.2, 0.25) is 0 Å². The van der Waals surface area contributed by atoms with E-state index in [0.717, 1.165) is 11.5 Å². The Morgan fingerprint density at radius 2 is 2.00 bits per heavy atom. The molecule has 27 heavy (non-hydrogen) atoms. The zero-order chi connectivity index (χ0) is 20.7. The van der Waals surface area contributed by atoms with E-state index in [-0.39, 0.29) is 9.99 Å². The Morgan fingerprint density at radius 1 is 1.41 bits per heavy atom. The van der Waals surface area contributed by atoms with E-state index in [4.69, 9.17) is 9.26 Å². The standard InChI is InChI=1S/C14H22IN2O9P/c1-6(18)27(23,24)26-14(2,3)4-8-9(19)10(20)12(25-8)17-5-7(15)11(21)16-13(17)22/h5-6,8-10,12,18-20H,4H2,1-3H3,(H,23,24)(H,16,21,22)/t6?,8-,9-,10-,12-/m1/s1. The average molecular weight is 520 g/mol. The number of H-pyrrole nitrogens is 1. The van der Waals surface area contributed by atoms with Crippen molar-refractivity contribution in [3.8, 4) is 0 Å². The molecule has 1 fully saturated rings. The van der Waals surface area contributed by atoms with Crippen LogP contribution in [-0.4, -0.2) is 59.5 Å². The number of aromatic nitrogens is 2. The largest absolute Gasteiger partial charge is 0.388 e. The van der Waals surface area contributed by atoms with Crippen LogP contribution < -0.4 is 11.2 Å². The number of aliphatic hydroxyl groups excluding tert-OH is 3. The van der Waals surface area contributed by atoms with Gasteiger partial charge in [0.15, 0.2) is 12.1 Å². The number of nitrogens with zero attached hydrogens (tertiary/aromatic N) is 1. The molecule has 0 spiro atoms. The molecule has 13 heteroatoms. The highest BCUT2D eigenvalue weighted by atomic mass is 127. The molecule has 11 nitrogen and oxygen atoms in total. The molecule has 1 aromatic heterocycles. The lowest BCUT2D eigenvalue weighted by Crippen LogP contribution is -2.39. The van der Waals surface area contributed by atoms with Crippen LogP contribution in [0.4, 0.5) is 0 Å². The lowest BCUT2D eigenvalue weighted by atomic mass is 9.97. The third kappa shape index (κ3) is 5.07. The van der Waals surface area contributed by atoms with Gasteiger partial charge in [0.1, 0.15) is 12.2 Å². The van der Waals surface area contributed by atoms with Crippen molar-refractivity contribution in [3.63, 3.8) is 0 Å². The fraction of sp³-hybridized carbons (Fsp3) is 0.714. The van der Waals surface area contributed by atoms with Crippen molar-refractivity contribution in [1.82, 2.24) is 9.55 Å². The first-order chi connectivity index (χ1) is 12.2. The number of rotatable bonds is 6. The fourth-order valence-electron chi connectivity index (χ4n) is 2.73. The van der Waals surface area contributed by atoms with Gasteiger partial charge in [-0.2, -0.15) is 0 Å². The Morgan fingerprint density at radius 3 is 2.56 bits per heavy atom. The second kappa shape index (κ2) is 8.03. The van der Waals surface area contributed by atoms with Gasteiger partial charge in [-0.25, -0.2) is 4.79 Å². The van der Waals surface area contributed by atoms with Gasteiger partial charge in [-0.05, 0) is 43.4 Å². The molecule has 2 rings (SSSR count). The topological polar surface area (TPSA) is 171 Å². The Kier molecular flexibility index (Phi) is 6.75. The number of aliphatic hydroxyl groups is 3. The maximum absolute atomic E-state index is 12.0. The van der Waals surface area contributed by atoms with Gasteiger partial charge in [-0.3, -0.25) is 18.9 Å². The maximum atomic E-state index is 12.0. The summed E-state index contributed by atoms with van der Waals surface area (Å²) in [5.74, 6) is -1.61. The molecule has 2 heterocycles. The van der Waals surface area contributed by atoms with Gasteiger partial charge in [-0.1, -0.05) is 0 Å². The van der Waals surface area contributed by atoms with E-state index in [1.807, 2.05) is 0 Å². The van der Waals surface area contributed by atoms with Crippen LogP contribution in [0.3, 0.4) is 0 Å². The number of ether oxygens (including phenoxy) is 1.